The second-order valence-corrected chi connectivity index (χ2v) is 6.91. The first-order chi connectivity index (χ1) is 9.82. The van der Waals surface area contributed by atoms with Crippen molar-refractivity contribution in [2.45, 2.75) is 17.0 Å². The number of hydrogen-bond donors (Lipinski definition) is 2. The van der Waals surface area contributed by atoms with Crippen molar-refractivity contribution in [3.8, 4) is 0 Å². The number of benzene rings is 1. The highest BCUT2D eigenvalue weighted by atomic mass is 32.2. The predicted octanol–water partition coefficient (Wildman–Crippen LogP) is 0.397. The van der Waals surface area contributed by atoms with Crippen molar-refractivity contribution >= 4 is 21.2 Å². The zero-order valence-electron chi connectivity index (χ0n) is 11.7. The van der Waals surface area contributed by atoms with Gasteiger partial charge in [-0.2, -0.15) is 0 Å². The van der Waals surface area contributed by atoms with Crippen molar-refractivity contribution in [2.24, 2.45) is 0 Å². The second-order valence-electron chi connectivity index (χ2n) is 4.89. The maximum absolute atomic E-state index is 11.5. The molecule has 0 aromatic heterocycles. The Hall–Kier alpha value is -1.71. The monoisotopic (exact) mass is 315 g/mol. The molecule has 21 heavy (non-hydrogen) atoms. The van der Waals surface area contributed by atoms with E-state index >= 15 is 0 Å². The maximum Gasteiger partial charge on any atom is 0.293 e. The summed E-state index contributed by atoms with van der Waals surface area (Å²) >= 11 is 0. The number of hydrogen-bond acceptors (Lipinski definition) is 7. The number of anilines is 1. The van der Waals surface area contributed by atoms with E-state index in [4.69, 9.17) is 4.74 Å². The summed E-state index contributed by atoms with van der Waals surface area (Å²) in [5.74, 6) is 0. The van der Waals surface area contributed by atoms with E-state index in [1.807, 2.05) is 0 Å². The molecule has 1 aromatic carbocycles. The quantitative estimate of drug-likeness (QED) is 0.597. The van der Waals surface area contributed by atoms with Gasteiger partial charge < -0.3 is 15.4 Å². The number of nitrogens with one attached hydrogen (secondary N) is 2. The average Bonchev–Trinajstić information content (AvgIpc) is 2.84. The smallest absolute Gasteiger partial charge is 0.293 e. The topological polar surface area (TPSA) is 111 Å². The van der Waals surface area contributed by atoms with Crippen LogP contribution in [0.4, 0.5) is 11.4 Å². The molecular formula is C12H17N3O5S. The minimum Gasteiger partial charge on any atom is -0.378 e. The Morgan fingerprint density at radius 3 is 2.71 bits per heavy atom. The van der Waals surface area contributed by atoms with Crippen molar-refractivity contribution in [1.82, 2.24) is 5.32 Å². The van der Waals surface area contributed by atoms with Crippen LogP contribution < -0.4 is 10.6 Å². The first-order valence-electron chi connectivity index (χ1n) is 6.31. The molecule has 2 N–H and O–H groups in total. The Balaban J connectivity index is 2.33. The minimum atomic E-state index is -3.49. The molecule has 0 amide bonds. The summed E-state index contributed by atoms with van der Waals surface area (Å²) < 4.78 is 28.3. The van der Waals surface area contributed by atoms with E-state index in [1.165, 1.54) is 12.1 Å². The molecule has 1 aromatic rings. The average molecular weight is 315 g/mol. The molecular weight excluding hydrogens is 298 g/mol. The number of nitro groups is 1. The van der Waals surface area contributed by atoms with Gasteiger partial charge in [0.25, 0.3) is 5.69 Å². The van der Waals surface area contributed by atoms with Crippen LogP contribution in [0, 0.1) is 10.1 Å². The van der Waals surface area contributed by atoms with E-state index in [9.17, 15) is 18.5 Å². The highest BCUT2D eigenvalue weighted by Gasteiger charge is 2.29. The molecule has 0 saturated carbocycles. The van der Waals surface area contributed by atoms with Gasteiger partial charge in [-0.1, -0.05) is 0 Å². The Morgan fingerprint density at radius 1 is 1.43 bits per heavy atom. The van der Waals surface area contributed by atoms with E-state index in [0.717, 1.165) is 12.3 Å². The molecule has 116 valence electrons. The molecule has 9 heteroatoms. The second kappa shape index (κ2) is 5.96. The van der Waals surface area contributed by atoms with Gasteiger partial charge in [0.05, 0.1) is 22.0 Å². The Morgan fingerprint density at radius 2 is 2.14 bits per heavy atom. The van der Waals surface area contributed by atoms with Gasteiger partial charge in [0.1, 0.15) is 5.69 Å². The fourth-order valence-corrected chi connectivity index (χ4v) is 2.90. The zero-order chi connectivity index (χ0) is 15.6. The molecule has 8 nitrogen and oxygen atoms in total. The van der Waals surface area contributed by atoms with Crippen LogP contribution in [0.2, 0.25) is 0 Å². The number of ether oxygens (including phenoxy) is 1. The molecule has 2 atom stereocenters. The van der Waals surface area contributed by atoms with Gasteiger partial charge in [-0.25, -0.2) is 8.42 Å². The lowest BCUT2D eigenvalue weighted by Gasteiger charge is -2.19. The van der Waals surface area contributed by atoms with Crippen molar-refractivity contribution in [3.05, 3.63) is 28.3 Å². The van der Waals surface area contributed by atoms with Crippen LogP contribution in [0.5, 0.6) is 0 Å². The lowest BCUT2D eigenvalue weighted by atomic mass is 10.2. The number of nitrogens with zero attached hydrogens (tertiary/aromatic N) is 1. The minimum absolute atomic E-state index is 0.0763. The fraction of sp³-hybridized carbons (Fsp3) is 0.500. The third-order valence-corrected chi connectivity index (χ3v) is 4.51. The molecule has 2 rings (SSSR count). The summed E-state index contributed by atoms with van der Waals surface area (Å²) in [6.45, 7) is 1.27. The highest BCUT2D eigenvalue weighted by molar-refractivity contribution is 7.90. The molecule has 0 spiro atoms. The van der Waals surface area contributed by atoms with Crippen LogP contribution in [0.25, 0.3) is 0 Å². The van der Waals surface area contributed by atoms with Gasteiger partial charge in [-0.15, -0.1) is 0 Å². The molecule has 0 bridgehead atoms. The van der Waals surface area contributed by atoms with Gasteiger partial charge in [0.15, 0.2) is 9.84 Å². The van der Waals surface area contributed by atoms with E-state index in [-0.39, 0.29) is 28.4 Å². The first kappa shape index (κ1) is 15.7. The van der Waals surface area contributed by atoms with Crippen LogP contribution in [-0.2, 0) is 14.6 Å². The van der Waals surface area contributed by atoms with Gasteiger partial charge in [0, 0.05) is 32.5 Å². The number of rotatable bonds is 5. The molecule has 0 aliphatic carbocycles. The zero-order valence-corrected chi connectivity index (χ0v) is 12.5. The fourth-order valence-electron chi connectivity index (χ4n) is 2.26. The van der Waals surface area contributed by atoms with E-state index < -0.39 is 14.8 Å². The Labute approximate surface area is 122 Å². The molecule has 1 saturated heterocycles. The lowest BCUT2D eigenvalue weighted by Crippen LogP contribution is -2.33. The predicted molar refractivity (Wildman–Crippen MR) is 77.3 cm³/mol. The van der Waals surface area contributed by atoms with Gasteiger partial charge >= 0.3 is 0 Å². The van der Waals surface area contributed by atoms with Crippen molar-refractivity contribution < 1.29 is 18.1 Å². The number of sulfone groups is 1. The summed E-state index contributed by atoms with van der Waals surface area (Å²) in [7, 11) is -1.91. The van der Waals surface area contributed by atoms with Gasteiger partial charge in [-0.05, 0) is 12.1 Å². The largest absolute Gasteiger partial charge is 0.378 e. The third kappa shape index (κ3) is 3.49. The van der Waals surface area contributed by atoms with E-state index in [2.05, 4.69) is 10.6 Å². The molecule has 1 aliphatic rings. The molecule has 1 aliphatic heterocycles. The Bertz CT molecular complexity index is 646. The molecule has 0 radical (unpaired) electrons. The van der Waals surface area contributed by atoms with Crippen LogP contribution in [0.15, 0.2) is 23.1 Å². The van der Waals surface area contributed by atoms with Crippen molar-refractivity contribution in [1.29, 1.82) is 0 Å². The molecule has 1 heterocycles. The number of nitro benzene ring substituents is 1. The maximum atomic E-state index is 11.5. The van der Waals surface area contributed by atoms with E-state index in [1.54, 1.807) is 7.11 Å². The van der Waals surface area contributed by atoms with Crippen LogP contribution in [0.1, 0.15) is 0 Å². The molecule has 1 unspecified atom stereocenters. The Kier molecular flexibility index (Phi) is 4.45. The SMILES string of the molecule is CO[C@H]1CNCC1Nc1ccc(S(C)(=O)=O)cc1[N+](=O)[O-]. The van der Waals surface area contributed by atoms with Crippen LogP contribution in [0.3, 0.4) is 0 Å². The normalized spacial score (nSPS) is 22.2. The van der Waals surface area contributed by atoms with Crippen molar-refractivity contribution in [2.75, 3.05) is 31.8 Å². The summed E-state index contributed by atoms with van der Waals surface area (Å²) in [5.41, 5.74) is 0.0165. The lowest BCUT2D eigenvalue weighted by molar-refractivity contribution is -0.384. The van der Waals surface area contributed by atoms with Crippen LogP contribution >= 0.6 is 0 Å². The first-order valence-corrected chi connectivity index (χ1v) is 8.20. The van der Waals surface area contributed by atoms with Gasteiger partial charge in [-0.3, -0.25) is 10.1 Å². The number of methoxy groups -OCH3 is 1. The van der Waals surface area contributed by atoms with E-state index in [0.29, 0.717) is 13.1 Å². The summed E-state index contributed by atoms with van der Waals surface area (Å²) in [5, 5.41) is 17.3. The summed E-state index contributed by atoms with van der Waals surface area (Å²) in [4.78, 5) is 10.5. The third-order valence-electron chi connectivity index (χ3n) is 3.40. The van der Waals surface area contributed by atoms with Gasteiger partial charge in [0.2, 0.25) is 0 Å². The standard InChI is InChI=1S/C12H17N3O5S/c1-20-12-7-13-6-10(12)14-9-4-3-8(21(2,18)19)5-11(9)15(16)17/h3-5,10,12-14H,6-7H2,1-2H3/t10?,12-/m0/s1. The molecule has 1 fully saturated rings. The summed E-state index contributed by atoms with van der Waals surface area (Å²) in [6, 6.07) is 3.73. The van der Waals surface area contributed by atoms with Crippen LogP contribution in [-0.4, -0.2) is 51.9 Å². The van der Waals surface area contributed by atoms with Crippen molar-refractivity contribution in [3.63, 3.8) is 0 Å². The summed E-state index contributed by atoms with van der Waals surface area (Å²) in [6.07, 6.45) is 0.917. The highest BCUT2D eigenvalue weighted by Crippen LogP contribution is 2.29.